The first-order valence-corrected chi connectivity index (χ1v) is 11.6. The number of hydrogen-bond donors (Lipinski definition) is 2. The van der Waals surface area contributed by atoms with Gasteiger partial charge in [-0.3, -0.25) is 14.9 Å². The predicted octanol–water partition coefficient (Wildman–Crippen LogP) is 4.75. The van der Waals surface area contributed by atoms with Gasteiger partial charge in [0.05, 0.1) is 16.0 Å². The predicted molar refractivity (Wildman–Crippen MR) is 123 cm³/mol. The number of thiazole rings is 1. The van der Waals surface area contributed by atoms with Crippen molar-refractivity contribution >= 4 is 67.3 Å². The molecule has 0 bridgehead atoms. The van der Waals surface area contributed by atoms with Crippen molar-refractivity contribution in [3.05, 3.63) is 58.6 Å². The number of hydrogen-bond acceptors (Lipinski definition) is 8. The molecule has 30 heavy (non-hydrogen) atoms. The molecule has 0 aliphatic carbocycles. The number of para-hydroxylation sites is 1. The average molecular weight is 456 g/mol. The first kappa shape index (κ1) is 20.5. The molecule has 2 aromatic heterocycles. The quantitative estimate of drug-likeness (QED) is 0.322. The summed E-state index contributed by atoms with van der Waals surface area (Å²) in [6, 6.07) is 13.4. The summed E-state index contributed by atoms with van der Waals surface area (Å²) in [6.45, 7) is 3.98. The Balaban J connectivity index is 1.33. The van der Waals surface area contributed by atoms with Crippen LogP contribution in [0.3, 0.4) is 0 Å². The monoisotopic (exact) mass is 455 g/mol. The minimum atomic E-state index is -0.323. The van der Waals surface area contributed by atoms with Crippen molar-refractivity contribution in [2.75, 3.05) is 16.4 Å². The van der Waals surface area contributed by atoms with E-state index in [4.69, 9.17) is 0 Å². The van der Waals surface area contributed by atoms with Crippen LogP contribution in [0.1, 0.15) is 20.9 Å². The minimum Gasteiger partial charge on any atom is -0.325 e. The molecule has 0 spiro atoms. The number of benzene rings is 2. The number of aromatic nitrogens is 3. The summed E-state index contributed by atoms with van der Waals surface area (Å²) in [5.74, 6) is -0.242. The van der Waals surface area contributed by atoms with Gasteiger partial charge in [0, 0.05) is 5.69 Å². The Kier molecular flexibility index (Phi) is 6.07. The van der Waals surface area contributed by atoms with Crippen LogP contribution in [0.25, 0.3) is 10.2 Å². The lowest BCUT2D eigenvalue weighted by molar-refractivity contribution is -0.113. The number of aryl methyl sites for hydroxylation is 1. The lowest BCUT2D eigenvalue weighted by atomic mass is 10.1. The maximum absolute atomic E-state index is 12.4. The third kappa shape index (κ3) is 4.66. The topological polar surface area (TPSA) is 96.9 Å². The number of thioether (sulfide) groups is 1. The molecule has 0 unspecified atom stereocenters. The second kappa shape index (κ2) is 8.90. The number of anilines is 2. The van der Waals surface area contributed by atoms with Gasteiger partial charge in [0.25, 0.3) is 5.91 Å². The Bertz CT molecular complexity index is 1200. The standard InChI is InChI=1S/C20H17N5O2S3/c1-11-6-5-8-13(12(11)2)21-16(26)10-28-20-25-24-19(30-20)23-17(27)18-22-14-7-3-4-9-15(14)29-18/h3-9H,10H2,1-2H3,(H,21,26)(H,23,24,27). The Morgan fingerprint density at radius 1 is 1.00 bits per heavy atom. The fraction of sp³-hybridized carbons (Fsp3) is 0.150. The van der Waals surface area contributed by atoms with Crippen LogP contribution < -0.4 is 10.6 Å². The van der Waals surface area contributed by atoms with Gasteiger partial charge in [-0.2, -0.15) is 0 Å². The van der Waals surface area contributed by atoms with Gasteiger partial charge in [-0.1, -0.05) is 47.4 Å². The molecular weight excluding hydrogens is 438 g/mol. The van der Waals surface area contributed by atoms with E-state index in [-0.39, 0.29) is 17.6 Å². The fourth-order valence-corrected chi connectivity index (χ4v) is 5.05. The number of rotatable bonds is 6. The molecule has 2 heterocycles. The van der Waals surface area contributed by atoms with E-state index in [1.54, 1.807) is 0 Å². The number of amides is 2. The molecule has 0 radical (unpaired) electrons. The Hall–Kier alpha value is -2.82. The van der Waals surface area contributed by atoms with E-state index in [9.17, 15) is 9.59 Å². The molecule has 0 aliphatic heterocycles. The first-order chi connectivity index (χ1) is 14.5. The maximum atomic E-state index is 12.4. The van der Waals surface area contributed by atoms with E-state index in [1.807, 2.05) is 56.3 Å². The van der Waals surface area contributed by atoms with Crippen molar-refractivity contribution < 1.29 is 9.59 Å². The maximum Gasteiger partial charge on any atom is 0.286 e. The van der Waals surface area contributed by atoms with Gasteiger partial charge in [-0.25, -0.2) is 4.98 Å². The van der Waals surface area contributed by atoms with Crippen molar-refractivity contribution in [1.29, 1.82) is 0 Å². The Morgan fingerprint density at radius 2 is 1.83 bits per heavy atom. The Morgan fingerprint density at radius 3 is 2.67 bits per heavy atom. The molecule has 0 aliphatic rings. The molecule has 0 atom stereocenters. The van der Waals surface area contributed by atoms with Gasteiger partial charge < -0.3 is 5.32 Å². The molecule has 2 aromatic carbocycles. The van der Waals surface area contributed by atoms with E-state index >= 15 is 0 Å². The van der Waals surface area contributed by atoms with E-state index in [2.05, 4.69) is 25.8 Å². The van der Waals surface area contributed by atoms with Gasteiger partial charge in [0.2, 0.25) is 11.0 Å². The van der Waals surface area contributed by atoms with Crippen molar-refractivity contribution in [2.45, 2.75) is 18.2 Å². The van der Waals surface area contributed by atoms with Gasteiger partial charge >= 0.3 is 0 Å². The molecule has 0 saturated carbocycles. The van der Waals surface area contributed by atoms with Gasteiger partial charge in [-0.15, -0.1) is 21.5 Å². The van der Waals surface area contributed by atoms with Gasteiger partial charge in [0.1, 0.15) is 0 Å². The SMILES string of the molecule is Cc1cccc(NC(=O)CSc2nnc(NC(=O)c3nc4ccccc4s3)s2)c1C. The summed E-state index contributed by atoms with van der Waals surface area (Å²) >= 11 is 3.82. The molecule has 4 aromatic rings. The van der Waals surface area contributed by atoms with E-state index in [0.29, 0.717) is 14.5 Å². The zero-order valence-electron chi connectivity index (χ0n) is 16.1. The number of carbonyl (C=O) groups is 2. The summed E-state index contributed by atoms with van der Waals surface area (Å²) in [7, 11) is 0. The normalized spacial score (nSPS) is 10.9. The summed E-state index contributed by atoms with van der Waals surface area (Å²) in [6.07, 6.45) is 0. The molecule has 152 valence electrons. The smallest absolute Gasteiger partial charge is 0.286 e. The molecular formula is C20H17N5O2S3. The van der Waals surface area contributed by atoms with Crippen LogP contribution in [0.4, 0.5) is 10.8 Å². The lowest BCUT2D eigenvalue weighted by Gasteiger charge is -2.09. The second-order valence-corrected chi connectivity index (χ2v) is 9.63. The lowest BCUT2D eigenvalue weighted by Crippen LogP contribution is -2.15. The zero-order chi connectivity index (χ0) is 21.1. The number of carbonyl (C=O) groups excluding carboxylic acids is 2. The van der Waals surface area contributed by atoms with E-state index in [0.717, 1.165) is 27.0 Å². The average Bonchev–Trinajstić information content (AvgIpc) is 3.36. The minimum absolute atomic E-state index is 0.121. The van der Waals surface area contributed by atoms with Crippen LogP contribution in [0.2, 0.25) is 0 Å². The highest BCUT2D eigenvalue weighted by Crippen LogP contribution is 2.27. The molecule has 7 nitrogen and oxygen atoms in total. The van der Waals surface area contributed by atoms with Crippen LogP contribution in [0, 0.1) is 13.8 Å². The van der Waals surface area contributed by atoms with Crippen molar-refractivity contribution in [3.8, 4) is 0 Å². The molecule has 4 rings (SSSR count). The highest BCUT2D eigenvalue weighted by Gasteiger charge is 2.15. The van der Waals surface area contributed by atoms with Crippen LogP contribution in [-0.2, 0) is 4.79 Å². The number of fused-ring (bicyclic) bond motifs is 1. The van der Waals surface area contributed by atoms with Gasteiger partial charge in [0.15, 0.2) is 9.35 Å². The largest absolute Gasteiger partial charge is 0.325 e. The molecule has 2 amide bonds. The van der Waals surface area contributed by atoms with Crippen LogP contribution >= 0.6 is 34.4 Å². The van der Waals surface area contributed by atoms with E-state index in [1.165, 1.54) is 34.4 Å². The summed E-state index contributed by atoms with van der Waals surface area (Å²) in [4.78, 5) is 29.0. The first-order valence-electron chi connectivity index (χ1n) is 8.99. The molecule has 10 heteroatoms. The molecule has 0 saturated heterocycles. The number of nitrogens with zero attached hydrogens (tertiary/aromatic N) is 3. The summed E-state index contributed by atoms with van der Waals surface area (Å²) in [5.41, 5.74) is 3.77. The van der Waals surface area contributed by atoms with Crippen molar-refractivity contribution in [1.82, 2.24) is 15.2 Å². The highest BCUT2D eigenvalue weighted by molar-refractivity contribution is 8.01. The van der Waals surface area contributed by atoms with Gasteiger partial charge in [-0.05, 0) is 43.2 Å². The molecule has 0 fully saturated rings. The highest BCUT2D eigenvalue weighted by atomic mass is 32.2. The fourth-order valence-electron chi connectivity index (χ4n) is 2.64. The summed E-state index contributed by atoms with van der Waals surface area (Å²) in [5, 5.41) is 14.4. The summed E-state index contributed by atoms with van der Waals surface area (Å²) < 4.78 is 1.55. The van der Waals surface area contributed by atoms with Crippen LogP contribution in [0.15, 0.2) is 46.8 Å². The molecule has 2 N–H and O–H groups in total. The second-order valence-electron chi connectivity index (χ2n) is 6.40. The third-order valence-electron chi connectivity index (χ3n) is 4.32. The van der Waals surface area contributed by atoms with Crippen molar-refractivity contribution in [2.24, 2.45) is 0 Å². The van der Waals surface area contributed by atoms with Crippen molar-refractivity contribution in [3.63, 3.8) is 0 Å². The van der Waals surface area contributed by atoms with E-state index < -0.39 is 0 Å². The number of nitrogens with one attached hydrogen (secondary N) is 2. The van der Waals surface area contributed by atoms with Crippen LogP contribution in [0.5, 0.6) is 0 Å². The third-order valence-corrected chi connectivity index (χ3v) is 7.33. The van der Waals surface area contributed by atoms with Crippen LogP contribution in [-0.4, -0.2) is 32.7 Å². The Labute approximate surface area is 185 Å². The zero-order valence-corrected chi connectivity index (χ0v) is 18.6.